The Morgan fingerprint density at radius 3 is 2.55 bits per heavy atom. The summed E-state index contributed by atoms with van der Waals surface area (Å²) in [7, 11) is 0. The molecule has 166 valence electrons. The summed E-state index contributed by atoms with van der Waals surface area (Å²) in [5.74, 6) is -0.465. The summed E-state index contributed by atoms with van der Waals surface area (Å²) in [4.78, 5) is 41.7. The number of benzene rings is 1. The van der Waals surface area contributed by atoms with E-state index in [4.69, 9.17) is 0 Å². The first-order chi connectivity index (χ1) is 14.7. The quantitative estimate of drug-likeness (QED) is 0.597. The van der Waals surface area contributed by atoms with Crippen molar-refractivity contribution < 1.29 is 14.4 Å². The van der Waals surface area contributed by atoms with E-state index in [0.29, 0.717) is 36.2 Å². The smallest absolute Gasteiger partial charge is 0.268 e. The van der Waals surface area contributed by atoms with Crippen molar-refractivity contribution in [3.05, 3.63) is 58.4 Å². The molecule has 0 fully saturated rings. The summed E-state index contributed by atoms with van der Waals surface area (Å²) in [5, 5.41) is 5.82. The molecule has 6 heteroatoms. The van der Waals surface area contributed by atoms with Crippen molar-refractivity contribution in [2.45, 2.75) is 72.4 Å². The molecule has 2 aromatic rings. The molecule has 31 heavy (non-hydrogen) atoms. The molecular weight excluding hydrogens is 390 g/mol. The number of carbonyl (C=O) groups excluding carboxylic acids is 3. The number of hydrogen-bond donors (Lipinski definition) is 3. The van der Waals surface area contributed by atoms with Crippen molar-refractivity contribution in [3.8, 4) is 0 Å². The second-order valence-electron chi connectivity index (χ2n) is 9.29. The van der Waals surface area contributed by atoms with Gasteiger partial charge in [-0.25, -0.2) is 0 Å². The standard InChI is InChI=1S/C25H33N3O3/c1-5-6-12-18(23(30)26-15-17-10-8-7-9-11-17)28-24(31)22-16(2)21-19(27-22)13-25(3,4)14-20(21)29/h7-11,18,27H,5-6,12-15H2,1-4H3,(H,26,30)(H,28,31). The fraction of sp³-hybridized carbons (Fsp3) is 0.480. The molecule has 1 heterocycles. The molecule has 1 unspecified atom stereocenters. The Bertz CT molecular complexity index is 960. The van der Waals surface area contributed by atoms with Crippen LogP contribution in [0.3, 0.4) is 0 Å². The Balaban J connectivity index is 1.73. The second-order valence-corrected chi connectivity index (χ2v) is 9.29. The molecule has 1 aromatic heterocycles. The molecule has 0 saturated carbocycles. The van der Waals surface area contributed by atoms with Gasteiger partial charge in [0.2, 0.25) is 5.91 Å². The van der Waals surface area contributed by atoms with Gasteiger partial charge in [-0.1, -0.05) is 63.9 Å². The Morgan fingerprint density at radius 1 is 1.16 bits per heavy atom. The summed E-state index contributed by atoms with van der Waals surface area (Å²) >= 11 is 0. The summed E-state index contributed by atoms with van der Waals surface area (Å²) in [6, 6.07) is 9.06. The number of aromatic nitrogens is 1. The summed E-state index contributed by atoms with van der Waals surface area (Å²) in [5.41, 5.74) is 3.40. The minimum Gasteiger partial charge on any atom is -0.354 e. The molecule has 1 aromatic carbocycles. The first-order valence-electron chi connectivity index (χ1n) is 11.1. The van der Waals surface area contributed by atoms with Gasteiger partial charge in [0.15, 0.2) is 5.78 Å². The van der Waals surface area contributed by atoms with Gasteiger partial charge in [-0.15, -0.1) is 0 Å². The molecule has 0 saturated heterocycles. The Morgan fingerprint density at radius 2 is 1.87 bits per heavy atom. The zero-order chi connectivity index (χ0) is 22.6. The van der Waals surface area contributed by atoms with Gasteiger partial charge < -0.3 is 15.6 Å². The Kier molecular flexibility index (Phi) is 6.98. The average molecular weight is 424 g/mol. The average Bonchev–Trinajstić information content (AvgIpc) is 3.05. The minimum absolute atomic E-state index is 0.0715. The molecule has 0 aliphatic heterocycles. The number of H-pyrrole nitrogens is 1. The number of amides is 2. The van der Waals surface area contributed by atoms with Crippen LogP contribution < -0.4 is 10.6 Å². The molecule has 1 aliphatic carbocycles. The van der Waals surface area contributed by atoms with E-state index in [9.17, 15) is 14.4 Å². The Labute approximate surface area is 184 Å². The van der Waals surface area contributed by atoms with Crippen LogP contribution in [0.2, 0.25) is 0 Å². The first-order valence-corrected chi connectivity index (χ1v) is 11.1. The van der Waals surface area contributed by atoms with E-state index in [0.717, 1.165) is 30.5 Å². The van der Waals surface area contributed by atoms with Gasteiger partial charge in [-0.05, 0) is 36.3 Å². The monoisotopic (exact) mass is 423 g/mol. The van der Waals surface area contributed by atoms with Gasteiger partial charge in [-0.2, -0.15) is 0 Å². The zero-order valence-electron chi connectivity index (χ0n) is 18.9. The van der Waals surface area contributed by atoms with E-state index in [-0.39, 0.29) is 23.0 Å². The van der Waals surface area contributed by atoms with Crippen molar-refractivity contribution in [3.63, 3.8) is 0 Å². The SMILES string of the molecule is CCCCC(NC(=O)c1[nH]c2c(c1C)C(=O)CC(C)(C)C2)C(=O)NCc1ccccc1. The van der Waals surface area contributed by atoms with Gasteiger partial charge in [0, 0.05) is 24.2 Å². The number of unbranched alkanes of at least 4 members (excludes halogenated alkanes) is 1. The molecule has 0 radical (unpaired) electrons. The lowest BCUT2D eigenvalue weighted by molar-refractivity contribution is -0.123. The number of ketones is 1. The third-order valence-corrected chi connectivity index (χ3v) is 5.91. The van der Waals surface area contributed by atoms with E-state index in [1.165, 1.54) is 0 Å². The second kappa shape index (κ2) is 9.50. The number of Topliss-reactive ketones (excluding diaryl/α,β-unsaturated/α-hetero) is 1. The molecule has 3 N–H and O–H groups in total. The van der Waals surface area contributed by atoms with Crippen LogP contribution in [0, 0.1) is 12.3 Å². The van der Waals surface area contributed by atoms with Crippen LogP contribution in [0.15, 0.2) is 30.3 Å². The van der Waals surface area contributed by atoms with Crippen molar-refractivity contribution in [1.82, 2.24) is 15.6 Å². The maximum Gasteiger partial charge on any atom is 0.268 e. The van der Waals surface area contributed by atoms with Crippen LogP contribution in [0.4, 0.5) is 0 Å². The van der Waals surface area contributed by atoms with E-state index in [1.54, 1.807) is 6.92 Å². The molecule has 3 rings (SSSR count). The predicted molar refractivity (Wildman–Crippen MR) is 121 cm³/mol. The van der Waals surface area contributed by atoms with Gasteiger partial charge in [0.05, 0.1) is 0 Å². The van der Waals surface area contributed by atoms with Gasteiger partial charge in [-0.3, -0.25) is 14.4 Å². The van der Waals surface area contributed by atoms with Crippen molar-refractivity contribution in [2.24, 2.45) is 5.41 Å². The highest BCUT2D eigenvalue weighted by molar-refractivity contribution is 6.05. The van der Waals surface area contributed by atoms with Crippen LogP contribution in [0.25, 0.3) is 0 Å². The maximum atomic E-state index is 13.1. The molecule has 1 atom stereocenters. The third-order valence-electron chi connectivity index (χ3n) is 5.91. The van der Waals surface area contributed by atoms with Crippen molar-refractivity contribution >= 4 is 17.6 Å². The number of aromatic amines is 1. The number of carbonyl (C=O) groups is 3. The van der Waals surface area contributed by atoms with Gasteiger partial charge in [0.25, 0.3) is 5.91 Å². The number of hydrogen-bond acceptors (Lipinski definition) is 3. The van der Waals surface area contributed by atoms with Gasteiger partial charge in [0.1, 0.15) is 11.7 Å². The molecule has 0 bridgehead atoms. The molecule has 1 aliphatic rings. The van der Waals surface area contributed by atoms with E-state index in [2.05, 4.69) is 36.4 Å². The largest absolute Gasteiger partial charge is 0.354 e. The molecular formula is C25H33N3O3. The highest BCUT2D eigenvalue weighted by Crippen LogP contribution is 2.36. The predicted octanol–water partition coefficient (Wildman–Crippen LogP) is 4.08. The van der Waals surface area contributed by atoms with Crippen LogP contribution in [-0.4, -0.2) is 28.6 Å². The molecule has 0 spiro atoms. The highest BCUT2D eigenvalue weighted by Gasteiger charge is 2.35. The minimum atomic E-state index is -0.622. The lowest BCUT2D eigenvalue weighted by atomic mass is 9.75. The van der Waals surface area contributed by atoms with E-state index < -0.39 is 6.04 Å². The first kappa shape index (κ1) is 22.8. The maximum absolute atomic E-state index is 13.1. The topological polar surface area (TPSA) is 91.1 Å². The fourth-order valence-electron chi connectivity index (χ4n) is 4.28. The van der Waals surface area contributed by atoms with Gasteiger partial charge >= 0.3 is 0 Å². The molecule has 6 nitrogen and oxygen atoms in total. The lowest BCUT2D eigenvalue weighted by Crippen LogP contribution is -2.46. The van der Waals surface area contributed by atoms with E-state index in [1.807, 2.05) is 30.3 Å². The lowest BCUT2D eigenvalue weighted by Gasteiger charge is -2.28. The summed E-state index contributed by atoms with van der Waals surface area (Å²) in [6.45, 7) is 8.38. The highest BCUT2D eigenvalue weighted by atomic mass is 16.2. The van der Waals surface area contributed by atoms with Crippen molar-refractivity contribution in [1.29, 1.82) is 0 Å². The van der Waals surface area contributed by atoms with Crippen molar-refractivity contribution in [2.75, 3.05) is 0 Å². The van der Waals surface area contributed by atoms with Crippen LogP contribution >= 0.6 is 0 Å². The van der Waals surface area contributed by atoms with E-state index >= 15 is 0 Å². The Hall–Kier alpha value is -2.89. The fourth-order valence-corrected chi connectivity index (χ4v) is 4.28. The summed E-state index contributed by atoms with van der Waals surface area (Å²) in [6.07, 6.45) is 3.52. The molecule has 2 amide bonds. The van der Waals surface area contributed by atoms with Crippen LogP contribution in [-0.2, 0) is 17.8 Å². The normalized spacial score (nSPS) is 15.8. The third kappa shape index (κ3) is 5.43. The number of fused-ring (bicyclic) bond motifs is 1. The summed E-state index contributed by atoms with van der Waals surface area (Å²) < 4.78 is 0. The van der Waals surface area contributed by atoms with Crippen LogP contribution in [0.1, 0.15) is 84.1 Å². The zero-order valence-corrected chi connectivity index (χ0v) is 18.9. The van der Waals surface area contributed by atoms with Crippen LogP contribution in [0.5, 0.6) is 0 Å². The number of nitrogens with one attached hydrogen (secondary N) is 3. The number of rotatable bonds is 8.